The van der Waals surface area contributed by atoms with E-state index in [1.54, 1.807) is 0 Å². The number of aliphatic hydroxyl groups excluding tert-OH is 1. The Morgan fingerprint density at radius 1 is 1.11 bits per heavy atom. The van der Waals surface area contributed by atoms with Crippen LogP contribution in [0.2, 0.25) is 5.02 Å². The van der Waals surface area contributed by atoms with E-state index in [4.69, 9.17) is 26.2 Å². The van der Waals surface area contributed by atoms with Gasteiger partial charge in [-0.2, -0.15) is 5.10 Å². The summed E-state index contributed by atoms with van der Waals surface area (Å²) in [5.41, 5.74) is 2.84. The molecule has 8 heteroatoms. The summed E-state index contributed by atoms with van der Waals surface area (Å²) in [7, 11) is 0. The lowest BCUT2D eigenvalue weighted by atomic mass is 10.2. The zero-order valence-corrected chi connectivity index (χ0v) is 21.6. The highest BCUT2D eigenvalue weighted by Gasteiger charge is 2.29. The minimum atomic E-state index is -0.431. The normalized spacial score (nSPS) is 17.4. The van der Waals surface area contributed by atoms with E-state index in [0.29, 0.717) is 42.2 Å². The van der Waals surface area contributed by atoms with Gasteiger partial charge in [-0.05, 0) is 49.9 Å². The molecule has 7 nitrogen and oxygen atoms in total. The number of β-amino-alcohol motifs (C(OH)–C–C–N with tert-alkyl or cyclic N) is 1. The van der Waals surface area contributed by atoms with Crippen molar-refractivity contribution in [3.63, 3.8) is 0 Å². The second-order valence-corrected chi connectivity index (χ2v) is 10.3. The van der Waals surface area contributed by atoms with Crippen LogP contribution in [0.3, 0.4) is 0 Å². The zero-order valence-electron chi connectivity index (χ0n) is 20.9. The summed E-state index contributed by atoms with van der Waals surface area (Å²) in [6, 6.07) is 17.5. The quantitative estimate of drug-likeness (QED) is 0.409. The summed E-state index contributed by atoms with van der Waals surface area (Å²) >= 11 is 6.46. The molecule has 192 valence electrons. The highest BCUT2D eigenvalue weighted by atomic mass is 35.5. The number of aryl methyl sites for hydroxylation is 1. The molecule has 3 aromatic rings. The Balaban J connectivity index is 1.41. The molecule has 1 saturated carbocycles. The topological polar surface area (TPSA) is 63.0 Å². The van der Waals surface area contributed by atoms with Crippen LogP contribution in [0.5, 0.6) is 11.6 Å². The first-order chi connectivity index (χ1) is 17.6. The molecule has 1 N–H and O–H groups in total. The highest BCUT2D eigenvalue weighted by Crippen LogP contribution is 2.36. The van der Waals surface area contributed by atoms with Crippen molar-refractivity contribution in [3.05, 3.63) is 70.9 Å². The predicted octanol–water partition coefficient (Wildman–Crippen LogP) is 4.53. The van der Waals surface area contributed by atoms with E-state index in [9.17, 15) is 5.11 Å². The van der Waals surface area contributed by atoms with Crippen molar-refractivity contribution in [2.75, 3.05) is 45.9 Å². The molecule has 0 bridgehead atoms. The predicted molar refractivity (Wildman–Crippen MR) is 141 cm³/mol. The van der Waals surface area contributed by atoms with Gasteiger partial charge in [0.25, 0.3) is 0 Å². The van der Waals surface area contributed by atoms with Crippen molar-refractivity contribution < 1.29 is 14.6 Å². The number of nitrogens with zero attached hydrogens (tertiary/aromatic N) is 4. The number of benzene rings is 2. The largest absolute Gasteiger partial charge is 0.437 e. The first-order valence-electron chi connectivity index (χ1n) is 12.8. The van der Waals surface area contributed by atoms with E-state index in [2.05, 4.69) is 9.80 Å². The van der Waals surface area contributed by atoms with Gasteiger partial charge in [-0.1, -0.05) is 41.9 Å². The fraction of sp³-hybridized carbons (Fsp3) is 0.464. The van der Waals surface area contributed by atoms with Gasteiger partial charge in [0.15, 0.2) is 0 Å². The van der Waals surface area contributed by atoms with Gasteiger partial charge < -0.3 is 14.6 Å². The molecular formula is C28H35ClN4O3. The van der Waals surface area contributed by atoms with Crippen LogP contribution in [0.25, 0.3) is 5.69 Å². The number of halogens is 1. The Labute approximate surface area is 218 Å². The lowest BCUT2D eigenvalue weighted by Crippen LogP contribution is -2.44. The number of aromatic nitrogens is 2. The van der Waals surface area contributed by atoms with Gasteiger partial charge in [0.2, 0.25) is 5.88 Å². The van der Waals surface area contributed by atoms with Crippen LogP contribution in [-0.4, -0.2) is 76.7 Å². The summed E-state index contributed by atoms with van der Waals surface area (Å²) in [5, 5.41) is 16.4. The molecule has 1 aliphatic heterocycles. The smallest absolute Gasteiger partial charge is 0.227 e. The fourth-order valence-electron chi connectivity index (χ4n) is 4.73. The molecule has 2 aliphatic rings. The molecule has 1 atom stereocenters. The third-order valence-electron chi connectivity index (χ3n) is 6.82. The number of hydrogen-bond donors (Lipinski definition) is 1. The number of para-hydroxylation sites is 2. The Bertz CT molecular complexity index is 1130. The number of hydrogen-bond acceptors (Lipinski definition) is 6. The second kappa shape index (κ2) is 11.8. The molecule has 1 aliphatic carbocycles. The molecule has 1 aromatic heterocycles. The van der Waals surface area contributed by atoms with Gasteiger partial charge in [0.05, 0.1) is 41.3 Å². The first kappa shape index (κ1) is 25.2. The molecule has 0 amide bonds. The van der Waals surface area contributed by atoms with Gasteiger partial charge in [0, 0.05) is 39.3 Å². The molecule has 36 heavy (non-hydrogen) atoms. The summed E-state index contributed by atoms with van der Waals surface area (Å²) < 4.78 is 13.8. The van der Waals surface area contributed by atoms with Crippen molar-refractivity contribution in [1.29, 1.82) is 0 Å². The molecule has 2 fully saturated rings. The SMILES string of the molecule is Cc1nn(-c2ccccc2)c(Oc2ccccc2Cl)c1CN(CC(O)CN1CCOCC1)CC1CC1. The number of morpholine rings is 1. The average Bonchev–Trinajstić information content (AvgIpc) is 3.65. The highest BCUT2D eigenvalue weighted by molar-refractivity contribution is 6.32. The molecule has 0 spiro atoms. The zero-order chi connectivity index (χ0) is 24.9. The van der Waals surface area contributed by atoms with E-state index in [0.717, 1.165) is 49.8 Å². The van der Waals surface area contributed by atoms with Crippen molar-refractivity contribution >= 4 is 11.6 Å². The van der Waals surface area contributed by atoms with Gasteiger partial charge in [-0.25, -0.2) is 4.68 Å². The fourth-order valence-corrected chi connectivity index (χ4v) is 4.91. The van der Waals surface area contributed by atoms with Crippen LogP contribution in [0.15, 0.2) is 54.6 Å². The van der Waals surface area contributed by atoms with E-state index in [1.165, 1.54) is 12.8 Å². The molecule has 2 aromatic carbocycles. The van der Waals surface area contributed by atoms with Crippen LogP contribution in [0.1, 0.15) is 24.1 Å². The average molecular weight is 511 g/mol. The number of ether oxygens (including phenoxy) is 2. The summed E-state index contributed by atoms with van der Waals surface area (Å²) in [5.74, 6) is 1.95. The minimum absolute atomic E-state index is 0.431. The van der Waals surface area contributed by atoms with Crippen molar-refractivity contribution in [1.82, 2.24) is 19.6 Å². The Hall–Kier alpha value is -2.42. The van der Waals surface area contributed by atoms with Gasteiger partial charge in [0.1, 0.15) is 5.75 Å². The monoisotopic (exact) mass is 510 g/mol. The van der Waals surface area contributed by atoms with E-state index >= 15 is 0 Å². The second-order valence-electron chi connectivity index (χ2n) is 9.85. The molecular weight excluding hydrogens is 476 g/mol. The van der Waals surface area contributed by atoms with Gasteiger partial charge in [-0.3, -0.25) is 9.80 Å². The molecule has 2 heterocycles. The maximum Gasteiger partial charge on any atom is 0.227 e. The Kier molecular flexibility index (Phi) is 8.24. The molecule has 0 radical (unpaired) electrons. The summed E-state index contributed by atoms with van der Waals surface area (Å²) in [6.45, 7) is 8.12. The standard InChI is InChI=1S/C28H35ClN4O3/c1-21-25(20-32(17-22-11-12-22)19-24(34)18-31-13-15-35-16-14-31)28(36-27-10-6-5-9-26(27)29)33(30-21)23-7-3-2-4-8-23/h2-10,22,24,34H,11-20H2,1H3. The van der Waals surface area contributed by atoms with Crippen molar-refractivity contribution in [3.8, 4) is 17.3 Å². The van der Waals surface area contributed by atoms with Crippen LogP contribution >= 0.6 is 11.6 Å². The van der Waals surface area contributed by atoms with Crippen LogP contribution in [0, 0.1) is 12.8 Å². The molecule has 1 saturated heterocycles. The molecule has 1 unspecified atom stereocenters. The van der Waals surface area contributed by atoms with Gasteiger partial charge in [-0.15, -0.1) is 0 Å². The minimum Gasteiger partial charge on any atom is -0.437 e. The lowest BCUT2D eigenvalue weighted by Gasteiger charge is -2.31. The summed E-state index contributed by atoms with van der Waals surface area (Å²) in [6.07, 6.45) is 2.07. The lowest BCUT2D eigenvalue weighted by molar-refractivity contribution is 0.00585. The van der Waals surface area contributed by atoms with Crippen LogP contribution < -0.4 is 4.74 Å². The van der Waals surface area contributed by atoms with Crippen LogP contribution in [-0.2, 0) is 11.3 Å². The third kappa shape index (κ3) is 6.47. The van der Waals surface area contributed by atoms with Crippen molar-refractivity contribution in [2.45, 2.75) is 32.4 Å². The van der Waals surface area contributed by atoms with Crippen LogP contribution in [0.4, 0.5) is 0 Å². The van der Waals surface area contributed by atoms with E-state index in [-0.39, 0.29) is 0 Å². The third-order valence-corrected chi connectivity index (χ3v) is 7.13. The van der Waals surface area contributed by atoms with E-state index < -0.39 is 6.10 Å². The molecule has 5 rings (SSSR count). The van der Waals surface area contributed by atoms with E-state index in [1.807, 2.05) is 66.2 Å². The van der Waals surface area contributed by atoms with Crippen molar-refractivity contribution in [2.24, 2.45) is 5.92 Å². The van der Waals surface area contributed by atoms with Gasteiger partial charge >= 0.3 is 0 Å². The maximum atomic E-state index is 11.0. The maximum absolute atomic E-state index is 11.0. The number of aliphatic hydroxyl groups is 1. The summed E-state index contributed by atoms with van der Waals surface area (Å²) in [4.78, 5) is 4.65. The first-order valence-corrected chi connectivity index (χ1v) is 13.2. The number of rotatable bonds is 11. The Morgan fingerprint density at radius 3 is 2.56 bits per heavy atom. The Morgan fingerprint density at radius 2 is 1.83 bits per heavy atom.